The first-order valence-electron chi connectivity index (χ1n) is 6.43. The molecule has 112 valence electrons. The predicted octanol–water partition coefficient (Wildman–Crippen LogP) is 4.21. The SMILES string of the molecule is CSCCCCCCNc1c([N+](=O)[O-])ccc(F)c1F. The minimum absolute atomic E-state index is 0.362. The van der Waals surface area contributed by atoms with Gasteiger partial charge in [-0.1, -0.05) is 12.8 Å². The first-order chi connectivity index (χ1) is 9.57. The van der Waals surface area contributed by atoms with E-state index in [-0.39, 0.29) is 5.69 Å². The van der Waals surface area contributed by atoms with Gasteiger partial charge in [-0.2, -0.15) is 11.8 Å². The Labute approximate surface area is 121 Å². The lowest BCUT2D eigenvalue weighted by atomic mass is 10.2. The number of nitrogens with zero attached hydrogens (tertiary/aromatic N) is 1. The molecule has 0 spiro atoms. The molecule has 0 unspecified atom stereocenters. The van der Waals surface area contributed by atoms with E-state index in [0.29, 0.717) is 6.54 Å². The summed E-state index contributed by atoms with van der Waals surface area (Å²) in [6.45, 7) is 0.389. The van der Waals surface area contributed by atoms with Crippen LogP contribution in [0.4, 0.5) is 20.2 Å². The van der Waals surface area contributed by atoms with Crippen LogP contribution in [0.15, 0.2) is 12.1 Å². The van der Waals surface area contributed by atoms with Gasteiger partial charge in [-0.25, -0.2) is 8.78 Å². The van der Waals surface area contributed by atoms with Crippen molar-refractivity contribution in [2.24, 2.45) is 0 Å². The molecule has 0 bridgehead atoms. The second-order valence-electron chi connectivity index (χ2n) is 4.35. The fourth-order valence-electron chi connectivity index (χ4n) is 1.80. The summed E-state index contributed by atoms with van der Waals surface area (Å²) in [4.78, 5) is 10.0. The van der Waals surface area contributed by atoms with E-state index in [1.165, 1.54) is 0 Å². The summed E-state index contributed by atoms with van der Waals surface area (Å²) in [5.41, 5.74) is -0.801. The molecule has 4 nitrogen and oxygen atoms in total. The monoisotopic (exact) mass is 304 g/mol. The van der Waals surface area contributed by atoms with Crippen molar-refractivity contribution in [3.8, 4) is 0 Å². The van der Waals surface area contributed by atoms with Gasteiger partial charge in [0.15, 0.2) is 17.3 Å². The number of nitro groups is 1. The van der Waals surface area contributed by atoms with Gasteiger partial charge in [-0.15, -0.1) is 0 Å². The number of hydrogen-bond donors (Lipinski definition) is 1. The first kappa shape index (κ1) is 16.7. The van der Waals surface area contributed by atoms with Crippen LogP contribution >= 0.6 is 11.8 Å². The van der Waals surface area contributed by atoms with Crippen molar-refractivity contribution in [1.29, 1.82) is 0 Å². The highest BCUT2D eigenvalue weighted by Gasteiger charge is 2.20. The number of benzene rings is 1. The van der Waals surface area contributed by atoms with Crippen molar-refractivity contribution in [3.63, 3.8) is 0 Å². The quantitative estimate of drug-likeness (QED) is 0.422. The molecule has 0 aliphatic heterocycles. The molecule has 0 heterocycles. The average Bonchev–Trinajstić information content (AvgIpc) is 2.42. The number of thioether (sulfide) groups is 1. The number of hydrogen-bond acceptors (Lipinski definition) is 4. The zero-order valence-electron chi connectivity index (χ0n) is 11.3. The summed E-state index contributed by atoms with van der Waals surface area (Å²) in [5.74, 6) is -1.17. The number of rotatable bonds is 9. The summed E-state index contributed by atoms with van der Waals surface area (Å²) < 4.78 is 26.7. The highest BCUT2D eigenvalue weighted by molar-refractivity contribution is 7.98. The van der Waals surface area contributed by atoms with Crippen LogP contribution in [0.3, 0.4) is 0 Å². The van der Waals surface area contributed by atoms with Crippen LogP contribution in [0.1, 0.15) is 25.7 Å². The molecule has 0 saturated heterocycles. The van der Waals surface area contributed by atoms with E-state index < -0.39 is 22.2 Å². The van der Waals surface area contributed by atoms with Crippen LogP contribution in [-0.4, -0.2) is 23.5 Å². The van der Waals surface area contributed by atoms with Crippen LogP contribution in [-0.2, 0) is 0 Å². The van der Waals surface area contributed by atoms with Gasteiger partial charge in [0.1, 0.15) is 0 Å². The lowest BCUT2D eigenvalue weighted by Crippen LogP contribution is -2.07. The molecule has 1 aromatic carbocycles. The largest absolute Gasteiger partial charge is 0.377 e. The molecule has 0 aromatic heterocycles. The van der Waals surface area contributed by atoms with E-state index in [0.717, 1.165) is 43.6 Å². The van der Waals surface area contributed by atoms with E-state index in [1.807, 2.05) is 6.26 Å². The molecule has 0 aliphatic carbocycles. The maximum absolute atomic E-state index is 13.6. The minimum Gasteiger partial charge on any atom is -0.377 e. The van der Waals surface area contributed by atoms with Crippen molar-refractivity contribution in [1.82, 2.24) is 0 Å². The highest BCUT2D eigenvalue weighted by atomic mass is 32.2. The predicted molar refractivity (Wildman–Crippen MR) is 78.4 cm³/mol. The molecule has 0 radical (unpaired) electrons. The second-order valence-corrected chi connectivity index (χ2v) is 5.33. The van der Waals surface area contributed by atoms with Crippen molar-refractivity contribution in [2.45, 2.75) is 25.7 Å². The van der Waals surface area contributed by atoms with Crippen molar-refractivity contribution in [2.75, 3.05) is 23.9 Å². The zero-order chi connectivity index (χ0) is 15.0. The lowest BCUT2D eigenvalue weighted by molar-refractivity contribution is -0.384. The molecule has 1 aromatic rings. The zero-order valence-corrected chi connectivity index (χ0v) is 12.1. The Bertz CT molecular complexity index is 458. The van der Waals surface area contributed by atoms with Gasteiger partial charge >= 0.3 is 0 Å². The Balaban J connectivity index is 2.50. The average molecular weight is 304 g/mol. The first-order valence-corrected chi connectivity index (χ1v) is 7.82. The van der Waals surface area contributed by atoms with E-state index in [4.69, 9.17) is 0 Å². The lowest BCUT2D eigenvalue weighted by Gasteiger charge is -2.08. The minimum atomic E-state index is -1.19. The van der Waals surface area contributed by atoms with Crippen LogP contribution in [0.5, 0.6) is 0 Å². The molecule has 0 atom stereocenters. The summed E-state index contributed by atoms with van der Waals surface area (Å²) in [6.07, 6.45) is 5.96. The van der Waals surface area contributed by atoms with E-state index in [1.54, 1.807) is 11.8 Å². The Morgan fingerprint density at radius 3 is 2.60 bits per heavy atom. The van der Waals surface area contributed by atoms with Gasteiger partial charge in [0.2, 0.25) is 0 Å². The molecule has 0 aliphatic rings. The molecule has 1 N–H and O–H groups in total. The second kappa shape index (κ2) is 8.73. The smallest absolute Gasteiger partial charge is 0.295 e. The molecule has 20 heavy (non-hydrogen) atoms. The number of halogens is 2. The Morgan fingerprint density at radius 2 is 1.95 bits per heavy atom. The third-order valence-electron chi connectivity index (χ3n) is 2.85. The van der Waals surface area contributed by atoms with Gasteiger partial charge < -0.3 is 5.32 Å². The molecular weight excluding hydrogens is 286 g/mol. The number of nitrogens with one attached hydrogen (secondary N) is 1. The number of nitro benzene ring substituents is 1. The van der Waals surface area contributed by atoms with Gasteiger partial charge in [-0.05, 0) is 30.9 Å². The summed E-state index contributed by atoms with van der Waals surface area (Å²) in [6, 6.07) is 1.74. The van der Waals surface area contributed by atoms with Crippen LogP contribution < -0.4 is 5.32 Å². The van der Waals surface area contributed by atoms with Crippen LogP contribution in [0, 0.1) is 21.7 Å². The Hall–Kier alpha value is -1.37. The summed E-state index contributed by atoms with van der Waals surface area (Å²) in [7, 11) is 0. The van der Waals surface area contributed by atoms with Crippen molar-refractivity contribution < 1.29 is 13.7 Å². The van der Waals surface area contributed by atoms with E-state index in [2.05, 4.69) is 5.32 Å². The summed E-state index contributed by atoms with van der Waals surface area (Å²) in [5, 5.41) is 13.4. The maximum Gasteiger partial charge on any atom is 0.295 e. The molecule has 7 heteroatoms. The van der Waals surface area contributed by atoms with E-state index in [9.17, 15) is 18.9 Å². The van der Waals surface area contributed by atoms with Crippen molar-refractivity contribution >= 4 is 23.1 Å². The third-order valence-corrected chi connectivity index (χ3v) is 3.54. The molecule has 1 rings (SSSR count). The van der Waals surface area contributed by atoms with Crippen LogP contribution in [0.25, 0.3) is 0 Å². The van der Waals surface area contributed by atoms with Crippen molar-refractivity contribution in [3.05, 3.63) is 33.9 Å². The fourth-order valence-corrected chi connectivity index (χ4v) is 2.29. The molecule has 0 saturated carbocycles. The Kier molecular flexibility index (Phi) is 7.28. The highest BCUT2D eigenvalue weighted by Crippen LogP contribution is 2.29. The molecule has 0 fully saturated rings. The third kappa shape index (κ3) is 4.96. The standard InChI is InChI=1S/C13H18F2N2O2S/c1-20-9-5-3-2-4-8-16-13-11(17(18)19)7-6-10(14)12(13)15/h6-7,16H,2-5,8-9H2,1H3. The normalized spacial score (nSPS) is 10.6. The summed E-state index contributed by atoms with van der Waals surface area (Å²) >= 11 is 1.79. The maximum atomic E-state index is 13.6. The topological polar surface area (TPSA) is 55.2 Å². The van der Waals surface area contributed by atoms with Crippen LogP contribution in [0.2, 0.25) is 0 Å². The van der Waals surface area contributed by atoms with E-state index >= 15 is 0 Å². The Morgan fingerprint density at radius 1 is 1.25 bits per heavy atom. The van der Waals surface area contributed by atoms with Gasteiger partial charge in [0.05, 0.1) is 4.92 Å². The number of unbranched alkanes of at least 4 members (excludes halogenated alkanes) is 3. The van der Waals surface area contributed by atoms with Gasteiger partial charge in [0, 0.05) is 12.6 Å². The fraction of sp³-hybridized carbons (Fsp3) is 0.538. The number of anilines is 1. The molecule has 0 amide bonds. The molecular formula is C13H18F2N2O2S. The van der Waals surface area contributed by atoms with Gasteiger partial charge in [-0.3, -0.25) is 10.1 Å². The van der Waals surface area contributed by atoms with Gasteiger partial charge in [0.25, 0.3) is 5.69 Å².